The second-order valence-electron chi connectivity index (χ2n) is 6.39. The number of phenols is 1. The minimum Gasteiger partial charge on any atom is -0.507 e. The predicted octanol–water partition coefficient (Wildman–Crippen LogP) is 4.34. The molecule has 1 saturated carbocycles. The molecular weight excluding hydrogens is 348 g/mol. The SMILES string of the molecule is COc1ccc(-c2cc(-c3nccs3)c3c(C4CC4)[nH]nc3n2)c(O)c1. The standard InChI is InChI=1S/C19H16N4O2S/c1-25-11-4-5-12(15(24)8-11)14-9-13(19-20-6-7-26-19)16-17(10-2-3-10)22-23-18(16)21-14/h4-10,24H,2-3H2,1H3,(H,21,22,23). The third kappa shape index (κ3) is 2.43. The van der Waals surface area contributed by atoms with Crippen molar-refractivity contribution >= 4 is 22.4 Å². The Labute approximate surface area is 153 Å². The van der Waals surface area contributed by atoms with Crippen LogP contribution in [0.25, 0.3) is 32.9 Å². The molecule has 0 unspecified atom stereocenters. The minimum atomic E-state index is 0.124. The van der Waals surface area contributed by atoms with Gasteiger partial charge in [0, 0.05) is 40.4 Å². The lowest BCUT2D eigenvalue weighted by Gasteiger charge is -2.09. The number of aromatic hydroxyl groups is 1. The molecule has 0 spiro atoms. The molecule has 1 aliphatic rings. The number of aromatic amines is 1. The number of hydrogen-bond acceptors (Lipinski definition) is 6. The molecule has 1 fully saturated rings. The Kier molecular flexibility index (Phi) is 3.43. The summed E-state index contributed by atoms with van der Waals surface area (Å²) in [4.78, 5) is 9.19. The van der Waals surface area contributed by atoms with Crippen molar-refractivity contribution in [3.05, 3.63) is 41.5 Å². The number of nitrogens with one attached hydrogen (secondary N) is 1. The number of phenolic OH excluding ortho intramolecular Hbond substituents is 1. The Morgan fingerprint density at radius 2 is 2.12 bits per heavy atom. The Morgan fingerprint density at radius 3 is 2.81 bits per heavy atom. The summed E-state index contributed by atoms with van der Waals surface area (Å²) in [5.41, 5.74) is 4.11. The maximum absolute atomic E-state index is 10.4. The number of pyridine rings is 1. The highest BCUT2D eigenvalue weighted by Crippen LogP contribution is 2.45. The van der Waals surface area contributed by atoms with E-state index in [1.54, 1.807) is 30.7 Å². The molecule has 0 amide bonds. The van der Waals surface area contributed by atoms with Gasteiger partial charge in [0.1, 0.15) is 16.5 Å². The number of benzene rings is 1. The van der Waals surface area contributed by atoms with E-state index in [1.165, 1.54) is 12.8 Å². The monoisotopic (exact) mass is 364 g/mol. The van der Waals surface area contributed by atoms with Gasteiger partial charge in [-0.1, -0.05) is 0 Å². The zero-order chi connectivity index (χ0) is 17.7. The van der Waals surface area contributed by atoms with Gasteiger partial charge in [0.15, 0.2) is 5.65 Å². The summed E-state index contributed by atoms with van der Waals surface area (Å²) in [5.74, 6) is 1.25. The van der Waals surface area contributed by atoms with E-state index in [2.05, 4.69) is 15.2 Å². The Morgan fingerprint density at radius 1 is 1.23 bits per heavy atom. The largest absolute Gasteiger partial charge is 0.507 e. The van der Waals surface area contributed by atoms with Gasteiger partial charge in [-0.25, -0.2) is 9.97 Å². The van der Waals surface area contributed by atoms with E-state index in [4.69, 9.17) is 9.72 Å². The topological polar surface area (TPSA) is 83.9 Å². The maximum atomic E-state index is 10.4. The van der Waals surface area contributed by atoms with Crippen LogP contribution in [0.15, 0.2) is 35.8 Å². The van der Waals surface area contributed by atoms with Crippen molar-refractivity contribution in [1.82, 2.24) is 20.2 Å². The smallest absolute Gasteiger partial charge is 0.182 e. The van der Waals surface area contributed by atoms with Gasteiger partial charge in [0.2, 0.25) is 0 Å². The van der Waals surface area contributed by atoms with Crippen LogP contribution in [0.5, 0.6) is 11.5 Å². The highest BCUT2D eigenvalue weighted by Gasteiger charge is 2.30. The Bertz CT molecular complexity index is 1100. The second kappa shape index (κ2) is 5.81. The molecule has 3 aromatic heterocycles. The van der Waals surface area contributed by atoms with Crippen LogP contribution in [-0.4, -0.2) is 32.4 Å². The van der Waals surface area contributed by atoms with Crippen LogP contribution in [0.2, 0.25) is 0 Å². The highest BCUT2D eigenvalue weighted by atomic mass is 32.1. The summed E-state index contributed by atoms with van der Waals surface area (Å²) < 4.78 is 5.17. The Hall–Kier alpha value is -2.93. The van der Waals surface area contributed by atoms with Gasteiger partial charge < -0.3 is 9.84 Å². The molecule has 1 aliphatic carbocycles. The van der Waals surface area contributed by atoms with Crippen molar-refractivity contribution in [2.24, 2.45) is 0 Å². The number of rotatable bonds is 4. The van der Waals surface area contributed by atoms with E-state index in [0.29, 0.717) is 28.6 Å². The van der Waals surface area contributed by atoms with Crippen molar-refractivity contribution < 1.29 is 9.84 Å². The van der Waals surface area contributed by atoms with Gasteiger partial charge in [-0.3, -0.25) is 5.10 Å². The molecule has 0 radical (unpaired) electrons. The van der Waals surface area contributed by atoms with Crippen LogP contribution in [0.1, 0.15) is 24.5 Å². The summed E-state index contributed by atoms with van der Waals surface area (Å²) in [6, 6.07) is 7.20. The summed E-state index contributed by atoms with van der Waals surface area (Å²) in [6.07, 6.45) is 4.15. The molecule has 3 heterocycles. The van der Waals surface area contributed by atoms with Crippen LogP contribution in [0.4, 0.5) is 0 Å². The van der Waals surface area contributed by atoms with Gasteiger partial charge in [-0.15, -0.1) is 11.3 Å². The average molecular weight is 364 g/mol. The van der Waals surface area contributed by atoms with Crippen molar-refractivity contribution in [2.75, 3.05) is 7.11 Å². The van der Waals surface area contributed by atoms with E-state index < -0.39 is 0 Å². The number of H-pyrrole nitrogens is 1. The summed E-state index contributed by atoms with van der Waals surface area (Å²) in [6.45, 7) is 0. The van der Waals surface area contributed by atoms with Gasteiger partial charge >= 0.3 is 0 Å². The van der Waals surface area contributed by atoms with Gasteiger partial charge in [-0.05, 0) is 31.0 Å². The Balaban J connectivity index is 1.75. The van der Waals surface area contributed by atoms with E-state index in [9.17, 15) is 5.11 Å². The quantitative estimate of drug-likeness (QED) is 0.563. The van der Waals surface area contributed by atoms with E-state index in [1.807, 2.05) is 23.6 Å². The molecule has 130 valence electrons. The molecule has 5 rings (SSSR count). The first-order chi connectivity index (χ1) is 12.7. The number of fused-ring (bicyclic) bond motifs is 1. The van der Waals surface area contributed by atoms with Crippen LogP contribution in [0, 0.1) is 0 Å². The average Bonchev–Trinajstić information content (AvgIpc) is 3.19. The molecular formula is C19H16N4O2S. The van der Waals surface area contributed by atoms with Crippen LogP contribution in [0.3, 0.4) is 0 Å². The number of aromatic nitrogens is 4. The number of methoxy groups -OCH3 is 1. The lowest BCUT2D eigenvalue weighted by Crippen LogP contribution is -1.91. The van der Waals surface area contributed by atoms with Gasteiger partial charge in [0.25, 0.3) is 0 Å². The van der Waals surface area contributed by atoms with Crippen LogP contribution >= 0.6 is 11.3 Å². The van der Waals surface area contributed by atoms with E-state index in [0.717, 1.165) is 21.7 Å². The van der Waals surface area contributed by atoms with Gasteiger partial charge in [-0.2, -0.15) is 5.10 Å². The molecule has 7 heteroatoms. The lowest BCUT2D eigenvalue weighted by molar-refractivity contribution is 0.408. The lowest BCUT2D eigenvalue weighted by atomic mass is 10.0. The second-order valence-corrected chi connectivity index (χ2v) is 7.28. The third-order valence-electron chi connectivity index (χ3n) is 4.68. The summed E-state index contributed by atoms with van der Waals surface area (Å²) >= 11 is 1.59. The molecule has 26 heavy (non-hydrogen) atoms. The zero-order valence-corrected chi connectivity index (χ0v) is 14.9. The predicted molar refractivity (Wildman–Crippen MR) is 101 cm³/mol. The van der Waals surface area contributed by atoms with E-state index >= 15 is 0 Å². The molecule has 0 bridgehead atoms. The maximum Gasteiger partial charge on any atom is 0.182 e. The first kappa shape index (κ1) is 15.3. The number of ether oxygens (including phenoxy) is 1. The number of hydrogen-bond donors (Lipinski definition) is 2. The number of nitrogens with zero attached hydrogens (tertiary/aromatic N) is 3. The minimum absolute atomic E-state index is 0.124. The fourth-order valence-electron chi connectivity index (χ4n) is 3.23. The van der Waals surface area contributed by atoms with Crippen LogP contribution < -0.4 is 4.74 Å². The fraction of sp³-hybridized carbons (Fsp3) is 0.211. The van der Waals surface area contributed by atoms with E-state index in [-0.39, 0.29) is 5.75 Å². The van der Waals surface area contributed by atoms with Gasteiger partial charge in [0.05, 0.1) is 18.2 Å². The highest BCUT2D eigenvalue weighted by molar-refractivity contribution is 7.13. The molecule has 1 aromatic carbocycles. The first-order valence-corrected chi connectivity index (χ1v) is 9.29. The molecule has 0 atom stereocenters. The molecule has 0 aliphatic heterocycles. The van der Waals surface area contributed by atoms with Crippen molar-refractivity contribution in [3.63, 3.8) is 0 Å². The third-order valence-corrected chi connectivity index (χ3v) is 5.49. The van der Waals surface area contributed by atoms with Crippen molar-refractivity contribution in [2.45, 2.75) is 18.8 Å². The molecule has 4 aromatic rings. The van der Waals surface area contributed by atoms with Crippen molar-refractivity contribution in [1.29, 1.82) is 0 Å². The fourth-order valence-corrected chi connectivity index (χ4v) is 3.89. The summed E-state index contributed by atoms with van der Waals surface area (Å²) in [5, 5.41) is 21.9. The zero-order valence-electron chi connectivity index (χ0n) is 14.1. The molecule has 0 saturated heterocycles. The van der Waals surface area contributed by atoms with Crippen molar-refractivity contribution in [3.8, 4) is 33.3 Å². The van der Waals surface area contributed by atoms with Crippen LogP contribution in [-0.2, 0) is 0 Å². The first-order valence-electron chi connectivity index (χ1n) is 8.41. The normalized spacial score (nSPS) is 14.0. The molecule has 2 N–H and O–H groups in total. The summed E-state index contributed by atoms with van der Waals surface area (Å²) in [7, 11) is 1.57. The molecule has 6 nitrogen and oxygen atoms in total. The number of thiazole rings is 1.